The molecule has 0 aliphatic heterocycles. The van der Waals surface area contributed by atoms with Gasteiger partial charge in [0.15, 0.2) is 0 Å². The zero-order chi connectivity index (χ0) is 47.1. The van der Waals surface area contributed by atoms with Crippen LogP contribution in [0.4, 0.5) is 0 Å². The zero-order valence-electron chi connectivity index (χ0n) is 42.4. The maximum atomic E-state index is 9.84. The Hall–Kier alpha value is -6.44. The molecule has 0 unspecified atom stereocenters. The van der Waals surface area contributed by atoms with Gasteiger partial charge in [-0.25, -0.2) is 0 Å². The van der Waals surface area contributed by atoms with Gasteiger partial charge >= 0.3 is 0 Å². The van der Waals surface area contributed by atoms with Crippen LogP contribution in [0.15, 0.2) is 186 Å². The van der Waals surface area contributed by atoms with Crippen molar-refractivity contribution < 1.29 is 27.7 Å². The quantitative estimate of drug-likeness (QED) is 0.175. The smallest absolute Gasteiger partial charge is 0.135 e. The lowest BCUT2D eigenvalue weighted by Gasteiger charge is -2.19. The second kappa shape index (κ2) is 11.1. The fourth-order valence-corrected chi connectivity index (χ4v) is 6.65. The Kier molecular flexibility index (Phi) is 3.54. The topological polar surface area (TPSA) is 13.1 Å². The SMILES string of the molecule is [2H]c1c([2H])c([2H])c(-c2c([2H])c([2H])c3oc4c([2H])c([2H])c(-c5c([2H])c([2H])c(-c6c7ccccc7c(-c7ccccc7)c7ccccc67)c6c([2H])c([2H])c([2H])c([2H])c56)c([2H])c4c3c2[2H])c([2H])c1[2H]. The highest BCUT2D eigenvalue weighted by Gasteiger charge is 2.19. The number of benzene rings is 9. The number of hydrogen-bond donors (Lipinski definition) is 0. The Bertz CT molecular complexity index is 3760. The molecule has 1 aromatic heterocycles. The summed E-state index contributed by atoms with van der Waals surface area (Å²) in [6.07, 6.45) is 0. The molecule has 1 heteroatoms. The molecule has 0 bridgehead atoms. The predicted octanol–water partition coefficient (Wildman–Crippen LogP) is 13.7. The van der Waals surface area contributed by atoms with Gasteiger partial charge in [-0.1, -0.05) is 157 Å². The van der Waals surface area contributed by atoms with Crippen molar-refractivity contribution in [3.05, 3.63) is 182 Å². The Morgan fingerprint density at radius 3 is 1.49 bits per heavy atom. The van der Waals surface area contributed by atoms with Crippen LogP contribution in [-0.4, -0.2) is 0 Å². The molecule has 0 saturated carbocycles. The van der Waals surface area contributed by atoms with Crippen molar-refractivity contribution in [2.24, 2.45) is 0 Å². The molecule has 0 amide bonds. The molecule has 0 aliphatic carbocycles. The molecule has 0 aliphatic rings. The molecule has 0 fully saturated rings. The third kappa shape index (κ3) is 4.40. The van der Waals surface area contributed by atoms with Crippen molar-refractivity contribution in [3.63, 3.8) is 0 Å². The van der Waals surface area contributed by atoms with Crippen LogP contribution in [0, 0.1) is 0 Å². The van der Waals surface area contributed by atoms with Gasteiger partial charge in [0.2, 0.25) is 0 Å². The van der Waals surface area contributed by atoms with E-state index in [-0.39, 0.29) is 27.1 Å². The minimum absolute atomic E-state index is 0.00436. The van der Waals surface area contributed by atoms with Gasteiger partial charge in [0.05, 0.1) is 23.3 Å². The monoisotopic (exact) mass is 639 g/mol. The van der Waals surface area contributed by atoms with E-state index in [2.05, 4.69) is 0 Å². The molecule has 1 heterocycles. The lowest BCUT2D eigenvalue weighted by molar-refractivity contribution is 0.669. The highest BCUT2D eigenvalue weighted by atomic mass is 16.3. The van der Waals surface area contributed by atoms with Gasteiger partial charge in [0.25, 0.3) is 0 Å². The minimum Gasteiger partial charge on any atom is -0.456 e. The molecule has 228 valence electrons. The summed E-state index contributed by atoms with van der Waals surface area (Å²) in [5.41, 5.74) is -0.832. The van der Waals surface area contributed by atoms with Gasteiger partial charge < -0.3 is 4.42 Å². The first-order valence-corrected chi connectivity index (χ1v) is 15.5. The average Bonchev–Trinajstić information content (AvgIpc) is 3.74. The molecule has 10 rings (SSSR count). The van der Waals surface area contributed by atoms with Crippen molar-refractivity contribution >= 4 is 54.3 Å². The van der Waals surface area contributed by atoms with E-state index in [4.69, 9.17) is 16.8 Å². The van der Waals surface area contributed by atoms with Gasteiger partial charge in [0.1, 0.15) is 11.2 Å². The number of furan rings is 1. The van der Waals surface area contributed by atoms with Crippen LogP contribution >= 0.6 is 0 Å². The molecule has 1 nitrogen and oxygen atoms in total. The Balaban J connectivity index is 1.38. The van der Waals surface area contributed by atoms with Crippen LogP contribution in [-0.2, 0) is 0 Å². The number of rotatable bonds is 4. The highest BCUT2D eigenvalue weighted by Crippen LogP contribution is 2.46. The summed E-state index contributed by atoms with van der Waals surface area (Å²) in [6.45, 7) is 0. The first-order valence-electron chi connectivity index (χ1n) is 24.0. The van der Waals surface area contributed by atoms with Gasteiger partial charge in [-0.15, -0.1) is 0 Å². The van der Waals surface area contributed by atoms with Crippen LogP contribution in [0.2, 0.25) is 0 Å². The zero-order valence-corrected chi connectivity index (χ0v) is 25.4. The number of hydrogen-bond acceptors (Lipinski definition) is 1. The molecule has 49 heavy (non-hydrogen) atoms. The fourth-order valence-electron chi connectivity index (χ4n) is 6.65. The normalized spacial score (nSPS) is 16.5. The molecule has 0 N–H and O–H groups in total. The summed E-state index contributed by atoms with van der Waals surface area (Å²) in [7, 11) is 0. The van der Waals surface area contributed by atoms with E-state index >= 15 is 0 Å². The standard InChI is InChI=1S/C48H30O/c1-3-13-31(14-4-1)33-23-27-45-43(29-33)44-30-34(24-28-46(44)49-45)35-25-26-42(37-18-8-7-17-36(35)37)48-40-21-11-9-19-38(40)47(32-15-5-2-6-16-32)39-20-10-12-22-41(39)48/h1-30H/i1D,3D,4D,7D,8D,13D,14D,17D,18D,23D,24D,25D,26D,27D,28D,29D,30D. The van der Waals surface area contributed by atoms with E-state index in [0.717, 1.165) is 21.9 Å². The van der Waals surface area contributed by atoms with Crippen molar-refractivity contribution in [2.45, 2.75) is 0 Å². The summed E-state index contributed by atoms with van der Waals surface area (Å²) in [4.78, 5) is 0. The third-order valence-corrected chi connectivity index (χ3v) is 8.75. The highest BCUT2D eigenvalue weighted by molar-refractivity contribution is 6.24. The van der Waals surface area contributed by atoms with Crippen LogP contribution < -0.4 is 0 Å². The van der Waals surface area contributed by atoms with E-state index in [0.29, 0.717) is 16.3 Å². The van der Waals surface area contributed by atoms with Crippen LogP contribution in [0.25, 0.3) is 98.8 Å². The molecule has 9 aromatic carbocycles. The first-order chi connectivity index (χ1) is 31.4. The Labute approximate surface area is 308 Å². The van der Waals surface area contributed by atoms with Crippen molar-refractivity contribution in [1.29, 1.82) is 0 Å². The molecule has 10 aromatic rings. The van der Waals surface area contributed by atoms with Gasteiger partial charge in [0, 0.05) is 10.8 Å². The van der Waals surface area contributed by atoms with Crippen molar-refractivity contribution in [3.8, 4) is 44.5 Å². The lowest BCUT2D eigenvalue weighted by Crippen LogP contribution is -1.92. The minimum atomic E-state index is -0.758. The maximum absolute atomic E-state index is 9.84. The number of fused-ring (bicyclic) bond motifs is 6. The van der Waals surface area contributed by atoms with E-state index in [9.17, 15) is 11.0 Å². The van der Waals surface area contributed by atoms with Crippen molar-refractivity contribution in [1.82, 2.24) is 0 Å². The van der Waals surface area contributed by atoms with Gasteiger partial charge in [-0.2, -0.15) is 0 Å². The van der Waals surface area contributed by atoms with Crippen LogP contribution in [0.3, 0.4) is 0 Å². The molecule has 0 saturated heterocycles. The second-order valence-corrected chi connectivity index (χ2v) is 11.5. The lowest BCUT2D eigenvalue weighted by atomic mass is 9.84. The Morgan fingerprint density at radius 2 is 0.837 bits per heavy atom. The predicted molar refractivity (Wildman–Crippen MR) is 208 cm³/mol. The van der Waals surface area contributed by atoms with E-state index in [1.807, 2.05) is 66.7 Å². The summed E-state index contributed by atoms with van der Waals surface area (Å²) in [5.74, 6) is 0. The summed E-state index contributed by atoms with van der Waals surface area (Å²) < 4.78 is 159. The first kappa shape index (κ1) is 15.6. The van der Waals surface area contributed by atoms with E-state index < -0.39 is 136 Å². The molecule has 0 spiro atoms. The fraction of sp³-hybridized carbons (Fsp3) is 0. The molecule has 0 atom stereocenters. The van der Waals surface area contributed by atoms with Crippen LogP contribution in [0.5, 0.6) is 0 Å². The molecule has 0 radical (unpaired) electrons. The van der Waals surface area contributed by atoms with Gasteiger partial charge in [-0.3, -0.25) is 0 Å². The van der Waals surface area contributed by atoms with E-state index in [1.54, 1.807) is 12.1 Å². The van der Waals surface area contributed by atoms with E-state index in [1.165, 1.54) is 0 Å². The average molecular weight is 640 g/mol. The second-order valence-electron chi connectivity index (χ2n) is 11.5. The third-order valence-electron chi connectivity index (χ3n) is 8.75. The summed E-state index contributed by atoms with van der Waals surface area (Å²) in [5, 5.41) is 1.52. The molecular formula is C48H30O. The Morgan fingerprint density at radius 1 is 0.327 bits per heavy atom. The molecular weight excluding hydrogens is 593 g/mol. The van der Waals surface area contributed by atoms with Crippen molar-refractivity contribution in [2.75, 3.05) is 0 Å². The largest absolute Gasteiger partial charge is 0.456 e. The summed E-state index contributed by atoms with van der Waals surface area (Å²) in [6, 6.07) is 12.8. The maximum Gasteiger partial charge on any atom is 0.135 e. The van der Waals surface area contributed by atoms with Gasteiger partial charge in [-0.05, 0) is 101 Å². The summed E-state index contributed by atoms with van der Waals surface area (Å²) >= 11 is 0. The van der Waals surface area contributed by atoms with Crippen LogP contribution in [0.1, 0.15) is 23.3 Å².